The summed E-state index contributed by atoms with van der Waals surface area (Å²) in [6.45, 7) is 10.8. The van der Waals surface area contributed by atoms with E-state index in [4.69, 9.17) is 14.2 Å². The van der Waals surface area contributed by atoms with Gasteiger partial charge in [-0.2, -0.15) is 0 Å². The predicted molar refractivity (Wildman–Crippen MR) is 109 cm³/mol. The maximum Gasteiger partial charge on any atom is 0.231 e. The first-order chi connectivity index (χ1) is 13.0. The third kappa shape index (κ3) is 5.39. The van der Waals surface area contributed by atoms with Crippen molar-refractivity contribution in [3.05, 3.63) is 53.6 Å². The maximum absolute atomic E-state index is 5.76. The lowest BCUT2D eigenvalue weighted by atomic mass is 9.86. The molecule has 1 N–H and O–H groups in total. The number of rotatable bonds is 9. The van der Waals surface area contributed by atoms with E-state index >= 15 is 0 Å². The lowest BCUT2D eigenvalue weighted by molar-refractivity contribution is 0.174. The highest BCUT2D eigenvalue weighted by Crippen LogP contribution is 2.32. The normalized spacial score (nSPS) is 14.0. The molecule has 1 heterocycles. The molecule has 146 valence electrons. The van der Waals surface area contributed by atoms with Gasteiger partial charge in [-0.05, 0) is 74.0 Å². The first-order valence-corrected chi connectivity index (χ1v) is 9.89. The minimum absolute atomic E-state index is 0.206. The Kier molecular flexibility index (Phi) is 6.62. The van der Waals surface area contributed by atoms with Crippen molar-refractivity contribution in [2.75, 3.05) is 13.3 Å². The van der Waals surface area contributed by atoms with E-state index in [1.807, 2.05) is 6.07 Å². The summed E-state index contributed by atoms with van der Waals surface area (Å²) in [5.74, 6) is 3.75. The minimum Gasteiger partial charge on any atom is -0.491 e. The summed E-state index contributed by atoms with van der Waals surface area (Å²) in [5, 5.41) is 3.56. The van der Waals surface area contributed by atoms with Crippen LogP contribution in [-0.2, 0) is 6.54 Å². The van der Waals surface area contributed by atoms with Gasteiger partial charge in [-0.25, -0.2) is 0 Å². The minimum atomic E-state index is 0.206. The molecule has 0 spiro atoms. The second-order valence-corrected chi connectivity index (χ2v) is 7.74. The van der Waals surface area contributed by atoms with E-state index < -0.39 is 0 Å². The molecule has 0 bridgehead atoms. The third-order valence-corrected chi connectivity index (χ3v) is 4.88. The quantitative estimate of drug-likeness (QED) is 0.623. The molecule has 0 radical (unpaired) electrons. The number of hydrogen-bond acceptors (Lipinski definition) is 4. The zero-order chi connectivity index (χ0) is 19.2. The molecule has 0 fully saturated rings. The van der Waals surface area contributed by atoms with E-state index in [9.17, 15) is 0 Å². The molecule has 1 unspecified atom stereocenters. The molecular weight excluding hydrogens is 338 g/mol. The van der Waals surface area contributed by atoms with Crippen LogP contribution in [0.25, 0.3) is 0 Å². The highest BCUT2D eigenvalue weighted by Gasteiger charge is 2.16. The summed E-state index contributed by atoms with van der Waals surface area (Å²) >= 11 is 0. The van der Waals surface area contributed by atoms with Crippen LogP contribution < -0.4 is 19.5 Å². The van der Waals surface area contributed by atoms with E-state index in [0.29, 0.717) is 18.6 Å². The van der Waals surface area contributed by atoms with Gasteiger partial charge in [0.15, 0.2) is 11.5 Å². The molecule has 0 amide bonds. The Hall–Kier alpha value is -2.20. The monoisotopic (exact) mass is 369 g/mol. The molecule has 0 saturated heterocycles. The van der Waals surface area contributed by atoms with Gasteiger partial charge in [0.2, 0.25) is 6.79 Å². The first kappa shape index (κ1) is 19.6. The number of benzene rings is 2. The summed E-state index contributed by atoms with van der Waals surface area (Å²) < 4.78 is 16.6. The lowest BCUT2D eigenvalue weighted by Gasteiger charge is -2.22. The van der Waals surface area contributed by atoms with Crippen molar-refractivity contribution in [3.8, 4) is 17.2 Å². The molecule has 0 aliphatic carbocycles. The Bertz CT molecular complexity index is 725. The van der Waals surface area contributed by atoms with Crippen molar-refractivity contribution >= 4 is 0 Å². The summed E-state index contributed by atoms with van der Waals surface area (Å²) in [5.41, 5.74) is 2.60. The van der Waals surface area contributed by atoms with Crippen LogP contribution in [0.1, 0.15) is 51.2 Å². The second-order valence-electron chi connectivity index (χ2n) is 7.74. The number of ether oxygens (including phenoxy) is 3. The van der Waals surface area contributed by atoms with Crippen molar-refractivity contribution in [2.45, 2.75) is 52.7 Å². The Morgan fingerprint density at radius 1 is 0.963 bits per heavy atom. The molecular formula is C23H31NO3. The van der Waals surface area contributed by atoms with Crippen LogP contribution in [0.5, 0.6) is 17.2 Å². The molecule has 1 aliphatic heterocycles. The summed E-state index contributed by atoms with van der Waals surface area (Å²) in [6, 6.07) is 14.7. The SMILES string of the molecule is CC(C)Oc1ccc(C(CCNCc2ccc3c(c2)OCO3)C(C)C)cc1. The van der Waals surface area contributed by atoms with Crippen LogP contribution in [0.15, 0.2) is 42.5 Å². The Labute approximate surface area is 162 Å². The molecule has 3 rings (SSSR count). The van der Waals surface area contributed by atoms with E-state index in [1.165, 1.54) is 11.1 Å². The van der Waals surface area contributed by atoms with Gasteiger partial charge in [-0.3, -0.25) is 0 Å². The largest absolute Gasteiger partial charge is 0.491 e. The Morgan fingerprint density at radius 2 is 1.70 bits per heavy atom. The van der Waals surface area contributed by atoms with Crippen LogP contribution in [-0.4, -0.2) is 19.4 Å². The molecule has 4 nitrogen and oxygen atoms in total. The number of hydrogen-bond donors (Lipinski definition) is 1. The highest BCUT2D eigenvalue weighted by atomic mass is 16.7. The molecule has 2 aromatic carbocycles. The van der Waals surface area contributed by atoms with Crippen LogP contribution in [0.3, 0.4) is 0 Å². The van der Waals surface area contributed by atoms with E-state index in [2.05, 4.69) is 69.4 Å². The van der Waals surface area contributed by atoms with Crippen molar-refractivity contribution in [3.63, 3.8) is 0 Å². The summed E-state index contributed by atoms with van der Waals surface area (Å²) in [4.78, 5) is 0. The number of fused-ring (bicyclic) bond motifs is 1. The highest BCUT2D eigenvalue weighted by molar-refractivity contribution is 5.44. The van der Waals surface area contributed by atoms with Gasteiger partial charge >= 0.3 is 0 Å². The van der Waals surface area contributed by atoms with Crippen molar-refractivity contribution in [1.82, 2.24) is 5.32 Å². The smallest absolute Gasteiger partial charge is 0.231 e. The molecule has 4 heteroatoms. The Morgan fingerprint density at radius 3 is 2.41 bits per heavy atom. The van der Waals surface area contributed by atoms with Crippen LogP contribution >= 0.6 is 0 Å². The van der Waals surface area contributed by atoms with Gasteiger partial charge in [-0.1, -0.05) is 32.0 Å². The number of nitrogens with one attached hydrogen (secondary N) is 1. The van der Waals surface area contributed by atoms with Gasteiger partial charge in [0.05, 0.1) is 6.10 Å². The molecule has 1 aliphatic rings. The standard InChI is InChI=1S/C23H31NO3/c1-16(2)21(19-6-8-20(9-7-19)27-17(3)4)11-12-24-14-18-5-10-22-23(13-18)26-15-25-22/h5-10,13,16-17,21,24H,11-12,14-15H2,1-4H3. The molecule has 0 saturated carbocycles. The fraction of sp³-hybridized carbons (Fsp3) is 0.478. The zero-order valence-electron chi connectivity index (χ0n) is 16.8. The van der Waals surface area contributed by atoms with Gasteiger partial charge in [0.1, 0.15) is 5.75 Å². The zero-order valence-corrected chi connectivity index (χ0v) is 16.8. The second kappa shape index (κ2) is 9.14. The molecule has 2 aromatic rings. The topological polar surface area (TPSA) is 39.7 Å². The molecule has 1 atom stereocenters. The van der Waals surface area contributed by atoms with Crippen LogP contribution in [0.4, 0.5) is 0 Å². The van der Waals surface area contributed by atoms with E-state index in [1.54, 1.807) is 0 Å². The summed E-state index contributed by atoms with van der Waals surface area (Å²) in [7, 11) is 0. The van der Waals surface area contributed by atoms with Crippen molar-refractivity contribution < 1.29 is 14.2 Å². The van der Waals surface area contributed by atoms with Crippen LogP contribution in [0, 0.1) is 5.92 Å². The molecule has 27 heavy (non-hydrogen) atoms. The van der Waals surface area contributed by atoms with Crippen LogP contribution in [0.2, 0.25) is 0 Å². The van der Waals surface area contributed by atoms with Gasteiger partial charge in [-0.15, -0.1) is 0 Å². The van der Waals surface area contributed by atoms with Crippen molar-refractivity contribution in [2.24, 2.45) is 5.92 Å². The predicted octanol–water partition coefficient (Wildman–Crippen LogP) is 5.12. The average Bonchev–Trinajstić information content (AvgIpc) is 3.09. The summed E-state index contributed by atoms with van der Waals surface area (Å²) in [6.07, 6.45) is 1.31. The van der Waals surface area contributed by atoms with E-state index in [0.717, 1.165) is 36.8 Å². The van der Waals surface area contributed by atoms with Gasteiger partial charge < -0.3 is 19.5 Å². The van der Waals surface area contributed by atoms with Gasteiger partial charge in [0.25, 0.3) is 0 Å². The lowest BCUT2D eigenvalue weighted by Crippen LogP contribution is -2.19. The Balaban J connectivity index is 1.51. The average molecular weight is 370 g/mol. The first-order valence-electron chi connectivity index (χ1n) is 9.89. The maximum atomic E-state index is 5.76. The molecule has 0 aromatic heterocycles. The van der Waals surface area contributed by atoms with Crippen molar-refractivity contribution in [1.29, 1.82) is 0 Å². The fourth-order valence-electron chi connectivity index (χ4n) is 3.49. The van der Waals surface area contributed by atoms with E-state index in [-0.39, 0.29) is 6.10 Å². The van der Waals surface area contributed by atoms with Gasteiger partial charge in [0, 0.05) is 6.54 Å². The fourth-order valence-corrected chi connectivity index (χ4v) is 3.49. The third-order valence-electron chi connectivity index (χ3n) is 4.88.